The van der Waals surface area contributed by atoms with Gasteiger partial charge >= 0.3 is 0 Å². The molecule has 2 fully saturated rings. The summed E-state index contributed by atoms with van der Waals surface area (Å²) in [5, 5.41) is 1.01. The number of hydrogen-bond acceptors (Lipinski definition) is 4. The van der Waals surface area contributed by atoms with Crippen molar-refractivity contribution in [2.75, 3.05) is 39.5 Å². The Labute approximate surface area is 163 Å². The van der Waals surface area contributed by atoms with Crippen LogP contribution in [0, 0.1) is 0 Å². The fourth-order valence-electron chi connectivity index (χ4n) is 3.92. The molecule has 0 unspecified atom stereocenters. The second kappa shape index (κ2) is 6.87. The molecule has 2 amide bonds. The maximum absolute atomic E-state index is 13.0. The normalized spacial score (nSPS) is 20.9. The summed E-state index contributed by atoms with van der Waals surface area (Å²) in [5.74, 6) is 0.976. The van der Waals surface area contributed by atoms with Gasteiger partial charge in [-0.3, -0.25) is 9.59 Å². The Kier molecular flexibility index (Phi) is 4.68. The molecule has 0 saturated carbocycles. The highest BCUT2D eigenvalue weighted by molar-refractivity contribution is 8.01. The SMILES string of the molecule is CN(C)C(=O)CO[C@H]1CSC2(C1)CN(C(=O)c1cn(C)c3ccccc13)C2. The van der Waals surface area contributed by atoms with Gasteiger partial charge in [-0.05, 0) is 12.5 Å². The van der Waals surface area contributed by atoms with Crippen LogP contribution < -0.4 is 0 Å². The molecule has 0 radical (unpaired) electrons. The van der Waals surface area contributed by atoms with Crippen LogP contribution in [0.3, 0.4) is 0 Å². The molecule has 144 valence electrons. The highest BCUT2D eigenvalue weighted by Gasteiger charge is 2.51. The first-order chi connectivity index (χ1) is 12.9. The molecular formula is C20H25N3O3S. The summed E-state index contributed by atoms with van der Waals surface area (Å²) in [5.41, 5.74) is 1.85. The number of benzene rings is 1. The van der Waals surface area contributed by atoms with Crippen molar-refractivity contribution in [2.24, 2.45) is 7.05 Å². The van der Waals surface area contributed by atoms with Gasteiger partial charge in [0.25, 0.3) is 5.91 Å². The zero-order valence-corrected chi connectivity index (χ0v) is 16.8. The summed E-state index contributed by atoms with van der Waals surface area (Å²) in [6.45, 7) is 1.63. The molecule has 2 saturated heterocycles. The average molecular weight is 388 g/mol. The smallest absolute Gasteiger partial charge is 0.256 e. The number of carbonyl (C=O) groups excluding carboxylic acids is 2. The minimum atomic E-state index is -0.0117. The first-order valence-corrected chi connectivity index (χ1v) is 10.2. The quantitative estimate of drug-likeness (QED) is 0.805. The molecular weight excluding hydrogens is 362 g/mol. The lowest BCUT2D eigenvalue weighted by molar-refractivity contribution is -0.135. The minimum Gasteiger partial charge on any atom is -0.367 e. The molecule has 0 aliphatic carbocycles. The highest BCUT2D eigenvalue weighted by Crippen LogP contribution is 2.46. The van der Waals surface area contributed by atoms with Gasteiger partial charge in [0.15, 0.2) is 0 Å². The molecule has 2 aromatic rings. The lowest BCUT2D eigenvalue weighted by Gasteiger charge is -2.47. The van der Waals surface area contributed by atoms with Gasteiger partial charge in [-0.25, -0.2) is 0 Å². The van der Waals surface area contributed by atoms with Crippen LogP contribution >= 0.6 is 11.8 Å². The summed E-state index contributed by atoms with van der Waals surface area (Å²) in [6.07, 6.45) is 2.92. The van der Waals surface area contributed by atoms with Gasteiger partial charge in [-0.15, -0.1) is 11.8 Å². The number of likely N-dealkylation sites (tertiary alicyclic amines) is 1. The van der Waals surface area contributed by atoms with Crippen molar-refractivity contribution in [2.45, 2.75) is 17.3 Å². The van der Waals surface area contributed by atoms with E-state index < -0.39 is 0 Å². The van der Waals surface area contributed by atoms with Gasteiger partial charge in [-0.2, -0.15) is 0 Å². The van der Waals surface area contributed by atoms with Crippen LogP contribution in [0.1, 0.15) is 16.8 Å². The standard InChI is InChI=1S/C20H25N3O3S/c1-21(2)18(24)10-26-14-8-20(27-11-14)12-23(13-20)19(25)16-9-22(3)17-7-5-4-6-15(16)17/h4-7,9,14H,8,10-13H2,1-3H3/t14-/m1/s1. The monoisotopic (exact) mass is 387 g/mol. The maximum atomic E-state index is 13.0. The minimum absolute atomic E-state index is 0.0117. The van der Waals surface area contributed by atoms with Crippen LogP contribution in [0.4, 0.5) is 0 Å². The van der Waals surface area contributed by atoms with Crippen molar-refractivity contribution in [1.29, 1.82) is 0 Å². The van der Waals surface area contributed by atoms with Crippen molar-refractivity contribution in [3.05, 3.63) is 36.0 Å². The molecule has 6 nitrogen and oxygen atoms in total. The summed E-state index contributed by atoms with van der Waals surface area (Å²) in [7, 11) is 5.44. The topological polar surface area (TPSA) is 54.8 Å². The Hall–Kier alpha value is -1.99. The number of hydrogen-bond donors (Lipinski definition) is 0. The zero-order chi connectivity index (χ0) is 19.2. The van der Waals surface area contributed by atoms with Gasteiger partial charge in [0, 0.05) is 57.1 Å². The van der Waals surface area contributed by atoms with Crippen molar-refractivity contribution >= 4 is 34.5 Å². The van der Waals surface area contributed by atoms with E-state index in [2.05, 4.69) is 0 Å². The molecule has 1 aromatic carbocycles. The number of thioether (sulfide) groups is 1. The van der Waals surface area contributed by atoms with Gasteiger partial charge < -0.3 is 19.1 Å². The molecule has 2 aliphatic heterocycles. The van der Waals surface area contributed by atoms with E-state index in [0.29, 0.717) is 0 Å². The number of amides is 2. The summed E-state index contributed by atoms with van der Waals surface area (Å²) in [4.78, 5) is 28.2. The van der Waals surface area contributed by atoms with E-state index in [-0.39, 0.29) is 29.3 Å². The van der Waals surface area contributed by atoms with Crippen LogP contribution in [-0.2, 0) is 16.6 Å². The lowest BCUT2D eigenvalue weighted by Crippen LogP contribution is -2.60. The van der Waals surface area contributed by atoms with E-state index in [9.17, 15) is 9.59 Å². The number of ether oxygens (including phenoxy) is 1. The number of rotatable bonds is 4. The number of aromatic nitrogens is 1. The number of nitrogens with zero attached hydrogens (tertiary/aromatic N) is 3. The Morgan fingerprint density at radius 1 is 1.30 bits per heavy atom. The summed E-state index contributed by atoms with van der Waals surface area (Å²) < 4.78 is 7.88. The van der Waals surface area contributed by atoms with E-state index in [1.54, 1.807) is 19.0 Å². The van der Waals surface area contributed by atoms with E-state index >= 15 is 0 Å². The first-order valence-electron chi connectivity index (χ1n) is 9.18. The third kappa shape index (κ3) is 3.34. The Balaban J connectivity index is 1.36. The lowest BCUT2D eigenvalue weighted by atomic mass is 9.92. The first kappa shape index (κ1) is 18.4. The Morgan fingerprint density at radius 3 is 2.78 bits per heavy atom. The second-order valence-corrected chi connectivity index (χ2v) is 9.24. The number of aryl methyl sites for hydroxylation is 1. The van der Waals surface area contributed by atoms with Crippen LogP contribution in [0.2, 0.25) is 0 Å². The average Bonchev–Trinajstić information content (AvgIpc) is 3.20. The summed E-state index contributed by atoms with van der Waals surface area (Å²) in [6, 6.07) is 8.01. The summed E-state index contributed by atoms with van der Waals surface area (Å²) >= 11 is 1.88. The molecule has 27 heavy (non-hydrogen) atoms. The molecule has 2 aliphatic rings. The van der Waals surface area contributed by atoms with Gasteiger partial charge in [0.05, 0.1) is 16.4 Å². The second-order valence-electron chi connectivity index (χ2n) is 7.75. The largest absolute Gasteiger partial charge is 0.367 e. The molecule has 1 spiro atoms. The van der Waals surface area contributed by atoms with E-state index in [1.807, 2.05) is 58.7 Å². The molecule has 0 N–H and O–H groups in total. The fraction of sp³-hybridized carbons (Fsp3) is 0.500. The number of carbonyl (C=O) groups is 2. The van der Waals surface area contributed by atoms with Gasteiger partial charge in [-0.1, -0.05) is 18.2 Å². The molecule has 1 aromatic heterocycles. The molecule has 3 heterocycles. The van der Waals surface area contributed by atoms with Crippen molar-refractivity contribution in [3.8, 4) is 0 Å². The van der Waals surface area contributed by atoms with Crippen molar-refractivity contribution in [3.63, 3.8) is 0 Å². The van der Waals surface area contributed by atoms with Crippen LogP contribution in [0.5, 0.6) is 0 Å². The zero-order valence-electron chi connectivity index (χ0n) is 16.0. The van der Waals surface area contributed by atoms with Crippen molar-refractivity contribution < 1.29 is 14.3 Å². The Morgan fingerprint density at radius 2 is 2.04 bits per heavy atom. The highest BCUT2D eigenvalue weighted by atomic mass is 32.2. The van der Waals surface area contributed by atoms with Crippen LogP contribution in [0.15, 0.2) is 30.5 Å². The third-order valence-corrected chi connectivity index (χ3v) is 7.06. The van der Waals surface area contributed by atoms with E-state index in [0.717, 1.165) is 41.7 Å². The van der Waals surface area contributed by atoms with Gasteiger partial charge in [0.2, 0.25) is 5.91 Å². The van der Waals surface area contributed by atoms with Crippen LogP contribution in [-0.4, -0.2) is 76.6 Å². The van der Waals surface area contributed by atoms with Crippen molar-refractivity contribution in [1.82, 2.24) is 14.4 Å². The molecule has 0 bridgehead atoms. The number of para-hydroxylation sites is 1. The van der Waals surface area contributed by atoms with Crippen LogP contribution in [0.25, 0.3) is 10.9 Å². The molecule has 7 heteroatoms. The third-order valence-electron chi connectivity index (χ3n) is 5.49. The number of fused-ring (bicyclic) bond motifs is 1. The molecule has 4 rings (SSSR count). The predicted octanol–water partition coefficient (Wildman–Crippen LogP) is 1.98. The fourth-order valence-corrected chi connectivity index (χ4v) is 5.48. The van der Waals surface area contributed by atoms with E-state index in [4.69, 9.17) is 4.74 Å². The van der Waals surface area contributed by atoms with Gasteiger partial charge in [0.1, 0.15) is 6.61 Å². The predicted molar refractivity (Wildman–Crippen MR) is 107 cm³/mol. The maximum Gasteiger partial charge on any atom is 0.256 e. The Bertz CT molecular complexity index is 886. The van der Waals surface area contributed by atoms with E-state index in [1.165, 1.54) is 0 Å². The molecule has 1 atom stereocenters. The number of likely N-dealkylation sites (N-methyl/N-ethyl adjacent to an activating group) is 1.